The topological polar surface area (TPSA) is 87.3 Å². The molecule has 0 radical (unpaired) electrons. The van der Waals surface area contributed by atoms with Gasteiger partial charge in [-0.3, -0.25) is 25.2 Å². The molecule has 24 heavy (non-hydrogen) atoms. The number of nitrogens with one attached hydrogen (secondary N) is 3. The van der Waals surface area contributed by atoms with Crippen LogP contribution in [-0.2, 0) is 4.79 Å². The maximum Gasteiger partial charge on any atom is 0.271 e. The number of rotatable bonds is 4. The van der Waals surface area contributed by atoms with E-state index in [4.69, 9.17) is 11.6 Å². The van der Waals surface area contributed by atoms with Crippen LogP contribution in [0.4, 0.5) is 0 Å². The van der Waals surface area contributed by atoms with E-state index in [2.05, 4.69) is 16.2 Å². The highest BCUT2D eigenvalue weighted by atomic mass is 35.5. The van der Waals surface area contributed by atoms with E-state index in [1.165, 1.54) is 13.0 Å². The molecular weight excluding hydrogens is 330 g/mol. The van der Waals surface area contributed by atoms with Crippen molar-refractivity contribution in [1.82, 2.24) is 16.2 Å². The molecule has 3 amide bonds. The van der Waals surface area contributed by atoms with Gasteiger partial charge in [0.1, 0.15) is 6.04 Å². The van der Waals surface area contributed by atoms with Crippen LogP contribution >= 0.6 is 11.6 Å². The molecule has 124 valence electrons. The fourth-order valence-corrected chi connectivity index (χ4v) is 2.10. The van der Waals surface area contributed by atoms with Crippen LogP contribution in [0.1, 0.15) is 27.6 Å². The molecule has 0 aliphatic rings. The number of hydrogen-bond acceptors (Lipinski definition) is 3. The largest absolute Gasteiger partial charge is 0.340 e. The second-order valence-electron chi connectivity index (χ2n) is 4.98. The van der Waals surface area contributed by atoms with Crippen molar-refractivity contribution in [2.45, 2.75) is 13.0 Å². The monoisotopic (exact) mass is 345 g/mol. The number of carbonyl (C=O) groups is 3. The lowest BCUT2D eigenvalue weighted by Crippen LogP contribution is -2.51. The fraction of sp³-hybridized carbons (Fsp3) is 0.118. The summed E-state index contributed by atoms with van der Waals surface area (Å²) in [6.07, 6.45) is 0. The first kappa shape index (κ1) is 17.5. The Hall–Kier alpha value is -2.86. The normalized spacial score (nSPS) is 11.2. The zero-order valence-electron chi connectivity index (χ0n) is 12.9. The average molecular weight is 346 g/mol. The Kier molecular flexibility index (Phi) is 5.92. The summed E-state index contributed by atoms with van der Waals surface area (Å²) in [6, 6.07) is 14.1. The molecule has 0 aliphatic carbocycles. The van der Waals surface area contributed by atoms with Gasteiger partial charge in [-0.1, -0.05) is 41.9 Å². The van der Waals surface area contributed by atoms with Crippen molar-refractivity contribution in [2.24, 2.45) is 0 Å². The second-order valence-corrected chi connectivity index (χ2v) is 5.39. The van der Waals surface area contributed by atoms with Crippen molar-refractivity contribution in [1.29, 1.82) is 0 Å². The highest BCUT2D eigenvalue weighted by Gasteiger charge is 2.17. The Morgan fingerprint density at radius 1 is 0.875 bits per heavy atom. The summed E-state index contributed by atoms with van der Waals surface area (Å²) < 4.78 is 0. The molecule has 0 heterocycles. The third-order valence-electron chi connectivity index (χ3n) is 3.19. The van der Waals surface area contributed by atoms with Gasteiger partial charge in [0.05, 0.1) is 10.6 Å². The van der Waals surface area contributed by atoms with Crippen molar-refractivity contribution in [3.63, 3.8) is 0 Å². The molecular formula is C17H16ClN3O3. The first-order valence-electron chi connectivity index (χ1n) is 7.19. The molecule has 1 atom stereocenters. The van der Waals surface area contributed by atoms with Gasteiger partial charge in [-0.05, 0) is 31.2 Å². The van der Waals surface area contributed by atoms with Crippen LogP contribution in [0.3, 0.4) is 0 Å². The van der Waals surface area contributed by atoms with Crippen molar-refractivity contribution in [3.05, 3.63) is 70.7 Å². The van der Waals surface area contributed by atoms with Crippen LogP contribution in [-0.4, -0.2) is 23.8 Å². The van der Waals surface area contributed by atoms with E-state index in [-0.39, 0.29) is 16.5 Å². The Labute approximate surface area is 144 Å². The summed E-state index contributed by atoms with van der Waals surface area (Å²) in [5.74, 6) is -1.48. The Morgan fingerprint density at radius 3 is 2.17 bits per heavy atom. The van der Waals surface area contributed by atoms with Gasteiger partial charge in [0, 0.05) is 5.56 Å². The Morgan fingerprint density at radius 2 is 1.50 bits per heavy atom. The first-order valence-corrected chi connectivity index (χ1v) is 7.57. The van der Waals surface area contributed by atoms with Crippen LogP contribution in [0.25, 0.3) is 0 Å². The van der Waals surface area contributed by atoms with Gasteiger partial charge >= 0.3 is 0 Å². The number of hydrazine groups is 1. The standard InChI is InChI=1S/C17H16ClN3O3/c1-11(19-16(23)12-7-3-2-4-8-12)15(22)20-21-17(24)13-9-5-6-10-14(13)18/h2-11H,1H3,(H,19,23)(H,20,22)(H,21,24)/t11-/m0/s1. The number of hydrogen-bond donors (Lipinski definition) is 3. The van der Waals surface area contributed by atoms with E-state index in [1.54, 1.807) is 48.5 Å². The molecule has 0 saturated heterocycles. The van der Waals surface area contributed by atoms with Gasteiger partial charge < -0.3 is 5.32 Å². The predicted molar refractivity (Wildman–Crippen MR) is 90.4 cm³/mol. The Bertz CT molecular complexity index is 750. The molecule has 2 aromatic carbocycles. The number of carbonyl (C=O) groups excluding carboxylic acids is 3. The summed E-state index contributed by atoms with van der Waals surface area (Å²) in [4.78, 5) is 35.9. The van der Waals surface area contributed by atoms with Gasteiger partial charge in [-0.15, -0.1) is 0 Å². The summed E-state index contributed by atoms with van der Waals surface area (Å²) in [5, 5.41) is 2.82. The lowest BCUT2D eigenvalue weighted by Gasteiger charge is -2.15. The van der Waals surface area contributed by atoms with E-state index in [9.17, 15) is 14.4 Å². The number of halogens is 1. The summed E-state index contributed by atoms with van der Waals surface area (Å²) >= 11 is 5.90. The van der Waals surface area contributed by atoms with Gasteiger partial charge in [-0.2, -0.15) is 0 Å². The Balaban J connectivity index is 1.87. The molecule has 2 rings (SSSR count). The van der Waals surface area contributed by atoms with Crippen LogP contribution in [0.15, 0.2) is 54.6 Å². The lowest BCUT2D eigenvalue weighted by atomic mass is 10.2. The highest BCUT2D eigenvalue weighted by molar-refractivity contribution is 6.33. The SMILES string of the molecule is C[C@H](NC(=O)c1ccccc1)C(=O)NNC(=O)c1ccccc1Cl. The van der Waals surface area contributed by atoms with Crippen molar-refractivity contribution in [3.8, 4) is 0 Å². The van der Waals surface area contributed by atoms with Gasteiger partial charge in [0.2, 0.25) is 0 Å². The van der Waals surface area contributed by atoms with Crippen LogP contribution in [0, 0.1) is 0 Å². The van der Waals surface area contributed by atoms with Crippen molar-refractivity contribution in [2.75, 3.05) is 0 Å². The van der Waals surface area contributed by atoms with E-state index in [1.807, 2.05) is 0 Å². The quantitative estimate of drug-likeness (QED) is 0.740. The molecule has 0 fully saturated rings. The zero-order valence-corrected chi connectivity index (χ0v) is 13.6. The maximum absolute atomic E-state index is 12.0. The van der Waals surface area contributed by atoms with Crippen LogP contribution in [0.2, 0.25) is 5.02 Å². The molecule has 2 aromatic rings. The molecule has 0 saturated carbocycles. The molecule has 0 spiro atoms. The average Bonchev–Trinajstić information content (AvgIpc) is 2.60. The smallest absolute Gasteiger partial charge is 0.271 e. The van der Waals surface area contributed by atoms with Gasteiger partial charge in [-0.25, -0.2) is 0 Å². The van der Waals surface area contributed by atoms with Crippen LogP contribution in [0.5, 0.6) is 0 Å². The highest BCUT2D eigenvalue weighted by Crippen LogP contribution is 2.14. The minimum absolute atomic E-state index is 0.237. The van der Waals surface area contributed by atoms with Gasteiger partial charge in [0.25, 0.3) is 17.7 Å². The summed E-state index contributed by atoms with van der Waals surface area (Å²) in [7, 11) is 0. The maximum atomic E-state index is 12.0. The molecule has 7 heteroatoms. The fourth-order valence-electron chi connectivity index (χ4n) is 1.87. The summed E-state index contributed by atoms with van der Waals surface area (Å²) in [5.41, 5.74) is 5.19. The van der Waals surface area contributed by atoms with Crippen molar-refractivity contribution >= 4 is 29.3 Å². The van der Waals surface area contributed by atoms with Crippen LogP contribution < -0.4 is 16.2 Å². The molecule has 0 unspecified atom stereocenters. The third kappa shape index (κ3) is 4.57. The minimum Gasteiger partial charge on any atom is -0.340 e. The van der Waals surface area contributed by atoms with E-state index >= 15 is 0 Å². The lowest BCUT2D eigenvalue weighted by molar-refractivity contribution is -0.123. The molecule has 0 aromatic heterocycles. The van der Waals surface area contributed by atoms with Crippen molar-refractivity contribution < 1.29 is 14.4 Å². The first-order chi connectivity index (χ1) is 11.5. The number of amides is 3. The zero-order chi connectivity index (χ0) is 17.5. The second kappa shape index (κ2) is 8.12. The van der Waals surface area contributed by atoms with E-state index in [0.717, 1.165) is 0 Å². The molecule has 0 aliphatic heterocycles. The predicted octanol–water partition coefficient (Wildman–Crippen LogP) is 1.92. The van der Waals surface area contributed by atoms with E-state index < -0.39 is 17.9 Å². The third-order valence-corrected chi connectivity index (χ3v) is 3.52. The molecule has 6 nitrogen and oxygen atoms in total. The van der Waals surface area contributed by atoms with E-state index in [0.29, 0.717) is 5.56 Å². The minimum atomic E-state index is -0.829. The van der Waals surface area contributed by atoms with Gasteiger partial charge in [0.15, 0.2) is 0 Å². The number of benzene rings is 2. The molecule has 3 N–H and O–H groups in total. The summed E-state index contributed by atoms with van der Waals surface area (Å²) in [6.45, 7) is 1.51. The molecule has 0 bridgehead atoms.